The van der Waals surface area contributed by atoms with Crippen molar-refractivity contribution in [3.63, 3.8) is 0 Å². The Kier molecular flexibility index (Phi) is 4.74. The van der Waals surface area contributed by atoms with Gasteiger partial charge in [0.05, 0.1) is 24.8 Å². The third-order valence-electron chi connectivity index (χ3n) is 2.78. The molecule has 0 unspecified atom stereocenters. The van der Waals surface area contributed by atoms with Gasteiger partial charge in [0.1, 0.15) is 17.2 Å². The van der Waals surface area contributed by atoms with Crippen LogP contribution in [0.4, 0.5) is 11.4 Å². The standard InChI is InChI=1S/C14H14N2O5S/c1-20-11-6-7-13(14(9-11)21-2)16-15-10-4-3-5-12(8-10)22(17,18)19/h3-9H,1-2H3,(H,17,18,19)/b16-15+. The van der Waals surface area contributed by atoms with Crippen molar-refractivity contribution < 1.29 is 22.4 Å². The lowest BCUT2D eigenvalue weighted by atomic mass is 10.3. The van der Waals surface area contributed by atoms with E-state index in [1.54, 1.807) is 24.3 Å². The van der Waals surface area contributed by atoms with Crippen LogP contribution in [0.15, 0.2) is 57.6 Å². The van der Waals surface area contributed by atoms with E-state index < -0.39 is 10.1 Å². The Balaban J connectivity index is 2.33. The van der Waals surface area contributed by atoms with E-state index >= 15 is 0 Å². The van der Waals surface area contributed by atoms with E-state index in [0.717, 1.165) is 0 Å². The van der Waals surface area contributed by atoms with Crippen molar-refractivity contribution in [2.45, 2.75) is 4.90 Å². The van der Waals surface area contributed by atoms with Gasteiger partial charge in [-0.2, -0.15) is 13.5 Å². The molecule has 8 heteroatoms. The molecule has 2 rings (SSSR count). The molecule has 2 aromatic carbocycles. The van der Waals surface area contributed by atoms with Gasteiger partial charge in [0.25, 0.3) is 10.1 Å². The van der Waals surface area contributed by atoms with Gasteiger partial charge in [0, 0.05) is 6.07 Å². The second kappa shape index (κ2) is 6.54. The lowest BCUT2D eigenvalue weighted by molar-refractivity contribution is 0.395. The molecule has 0 saturated heterocycles. The second-order valence-electron chi connectivity index (χ2n) is 4.21. The number of benzene rings is 2. The van der Waals surface area contributed by atoms with E-state index in [4.69, 9.17) is 14.0 Å². The first-order valence-electron chi connectivity index (χ1n) is 6.15. The average molecular weight is 322 g/mol. The van der Waals surface area contributed by atoms with Gasteiger partial charge in [0.2, 0.25) is 0 Å². The minimum Gasteiger partial charge on any atom is -0.497 e. The van der Waals surface area contributed by atoms with Gasteiger partial charge < -0.3 is 9.47 Å². The predicted octanol–water partition coefficient (Wildman–Crippen LogP) is 3.37. The largest absolute Gasteiger partial charge is 0.497 e. The minimum atomic E-state index is -4.27. The number of methoxy groups -OCH3 is 2. The first-order chi connectivity index (χ1) is 10.4. The van der Waals surface area contributed by atoms with Crippen LogP contribution in [-0.2, 0) is 10.1 Å². The number of rotatable bonds is 5. The zero-order valence-corrected chi connectivity index (χ0v) is 12.7. The van der Waals surface area contributed by atoms with Crippen molar-refractivity contribution in [1.29, 1.82) is 0 Å². The molecule has 116 valence electrons. The van der Waals surface area contributed by atoms with E-state index in [1.807, 2.05) is 0 Å². The maximum absolute atomic E-state index is 11.1. The van der Waals surface area contributed by atoms with Crippen molar-refractivity contribution >= 4 is 21.5 Å². The number of nitrogens with zero attached hydrogens (tertiary/aromatic N) is 2. The lowest BCUT2D eigenvalue weighted by Crippen LogP contribution is -1.96. The summed E-state index contributed by atoms with van der Waals surface area (Å²) in [7, 11) is -1.24. The Hall–Kier alpha value is -2.45. The Morgan fingerprint density at radius 2 is 1.77 bits per heavy atom. The highest BCUT2D eigenvalue weighted by Crippen LogP contribution is 2.32. The molecule has 0 aliphatic carbocycles. The van der Waals surface area contributed by atoms with Crippen molar-refractivity contribution in [2.75, 3.05) is 14.2 Å². The molecule has 0 aliphatic heterocycles. The maximum atomic E-state index is 11.1. The van der Waals surface area contributed by atoms with Gasteiger partial charge in [0.15, 0.2) is 0 Å². The summed E-state index contributed by atoms with van der Waals surface area (Å²) in [6.45, 7) is 0. The van der Waals surface area contributed by atoms with Crippen LogP contribution in [0.1, 0.15) is 0 Å². The number of azo groups is 1. The fraction of sp³-hybridized carbons (Fsp3) is 0.143. The molecule has 0 bridgehead atoms. The molecule has 0 saturated carbocycles. The first kappa shape index (κ1) is 15.9. The van der Waals surface area contributed by atoms with Crippen LogP contribution in [0.5, 0.6) is 11.5 Å². The number of hydrogen-bond donors (Lipinski definition) is 1. The highest BCUT2D eigenvalue weighted by atomic mass is 32.2. The summed E-state index contributed by atoms with van der Waals surface area (Å²) in [6, 6.07) is 10.5. The molecule has 0 aliphatic rings. The van der Waals surface area contributed by atoms with Gasteiger partial charge in [-0.15, -0.1) is 5.11 Å². The van der Waals surface area contributed by atoms with E-state index in [9.17, 15) is 8.42 Å². The van der Waals surface area contributed by atoms with Gasteiger partial charge >= 0.3 is 0 Å². The highest BCUT2D eigenvalue weighted by molar-refractivity contribution is 7.85. The zero-order valence-electron chi connectivity index (χ0n) is 11.9. The van der Waals surface area contributed by atoms with Crippen LogP contribution in [0.2, 0.25) is 0 Å². The summed E-state index contributed by atoms with van der Waals surface area (Å²) < 4.78 is 41.4. The van der Waals surface area contributed by atoms with Crippen molar-refractivity contribution in [2.24, 2.45) is 10.2 Å². The maximum Gasteiger partial charge on any atom is 0.294 e. The molecule has 0 atom stereocenters. The van der Waals surface area contributed by atoms with E-state index in [0.29, 0.717) is 17.2 Å². The van der Waals surface area contributed by atoms with Gasteiger partial charge in [-0.1, -0.05) is 6.07 Å². The summed E-state index contributed by atoms with van der Waals surface area (Å²) in [5.74, 6) is 1.08. The Morgan fingerprint density at radius 3 is 2.41 bits per heavy atom. The molecule has 0 spiro atoms. The molecule has 22 heavy (non-hydrogen) atoms. The summed E-state index contributed by atoms with van der Waals surface area (Å²) in [5.41, 5.74) is 0.744. The lowest BCUT2D eigenvalue weighted by Gasteiger charge is -2.06. The molecule has 0 aromatic heterocycles. The minimum absolute atomic E-state index is 0.245. The van der Waals surface area contributed by atoms with Crippen LogP contribution >= 0.6 is 0 Å². The van der Waals surface area contributed by atoms with E-state index in [1.165, 1.54) is 32.4 Å². The number of ether oxygens (including phenoxy) is 2. The molecular formula is C14H14N2O5S. The quantitative estimate of drug-likeness (QED) is 0.672. The Labute approximate surface area is 128 Å². The van der Waals surface area contributed by atoms with Crippen LogP contribution in [0.25, 0.3) is 0 Å². The van der Waals surface area contributed by atoms with Crippen LogP contribution < -0.4 is 9.47 Å². The Bertz CT molecular complexity index is 803. The van der Waals surface area contributed by atoms with E-state index in [2.05, 4.69) is 10.2 Å². The molecule has 0 fully saturated rings. The molecular weight excluding hydrogens is 308 g/mol. The van der Waals surface area contributed by atoms with Gasteiger partial charge in [-0.25, -0.2) is 0 Å². The van der Waals surface area contributed by atoms with Crippen molar-refractivity contribution in [3.05, 3.63) is 42.5 Å². The Morgan fingerprint density at radius 1 is 1.00 bits per heavy atom. The second-order valence-corrected chi connectivity index (χ2v) is 5.63. The number of hydrogen-bond acceptors (Lipinski definition) is 6. The fourth-order valence-corrected chi connectivity index (χ4v) is 2.21. The van der Waals surface area contributed by atoms with E-state index in [-0.39, 0.29) is 10.6 Å². The summed E-state index contributed by atoms with van der Waals surface area (Å²) in [6.07, 6.45) is 0. The summed E-state index contributed by atoms with van der Waals surface area (Å²) in [4.78, 5) is -0.245. The summed E-state index contributed by atoms with van der Waals surface area (Å²) in [5, 5.41) is 7.96. The van der Waals surface area contributed by atoms with Crippen molar-refractivity contribution in [1.82, 2.24) is 0 Å². The topological polar surface area (TPSA) is 97.6 Å². The molecule has 0 radical (unpaired) electrons. The molecule has 7 nitrogen and oxygen atoms in total. The fourth-order valence-electron chi connectivity index (χ4n) is 1.69. The van der Waals surface area contributed by atoms with Crippen LogP contribution in [0.3, 0.4) is 0 Å². The smallest absolute Gasteiger partial charge is 0.294 e. The summed E-state index contributed by atoms with van der Waals surface area (Å²) >= 11 is 0. The average Bonchev–Trinajstić information content (AvgIpc) is 2.52. The SMILES string of the molecule is COc1ccc(/N=N/c2cccc(S(=O)(=O)O)c2)c(OC)c1. The van der Waals surface area contributed by atoms with Gasteiger partial charge in [-0.05, 0) is 30.3 Å². The van der Waals surface area contributed by atoms with Gasteiger partial charge in [-0.3, -0.25) is 4.55 Å². The molecule has 0 heterocycles. The third-order valence-corrected chi connectivity index (χ3v) is 3.63. The molecule has 2 aromatic rings. The molecule has 0 amide bonds. The monoisotopic (exact) mass is 322 g/mol. The first-order valence-corrected chi connectivity index (χ1v) is 7.59. The zero-order chi connectivity index (χ0) is 16.2. The third kappa shape index (κ3) is 3.80. The predicted molar refractivity (Wildman–Crippen MR) is 80.0 cm³/mol. The van der Waals surface area contributed by atoms with Crippen LogP contribution in [-0.4, -0.2) is 27.2 Å². The normalized spacial score (nSPS) is 11.6. The highest BCUT2D eigenvalue weighted by Gasteiger charge is 2.09. The van der Waals surface area contributed by atoms with Crippen LogP contribution in [0, 0.1) is 0 Å². The molecule has 1 N–H and O–H groups in total. The van der Waals surface area contributed by atoms with Crippen molar-refractivity contribution in [3.8, 4) is 11.5 Å².